The number of nitrogens with one attached hydrogen (secondary N) is 1. The summed E-state index contributed by atoms with van der Waals surface area (Å²) in [7, 11) is 0. The van der Waals surface area contributed by atoms with Gasteiger partial charge in [-0.05, 0) is 37.1 Å². The van der Waals surface area contributed by atoms with E-state index >= 15 is 0 Å². The molecule has 0 saturated heterocycles. The Balaban J connectivity index is 1.66. The van der Waals surface area contributed by atoms with E-state index in [1.807, 2.05) is 0 Å². The topological polar surface area (TPSA) is 58.6 Å². The lowest BCUT2D eigenvalue weighted by Gasteiger charge is -2.11. The van der Waals surface area contributed by atoms with Crippen LogP contribution in [0.3, 0.4) is 0 Å². The summed E-state index contributed by atoms with van der Waals surface area (Å²) in [5.74, 6) is 0.0288. The van der Waals surface area contributed by atoms with E-state index in [9.17, 15) is 4.79 Å². The van der Waals surface area contributed by atoms with Gasteiger partial charge in [-0.15, -0.1) is 0 Å². The molecule has 1 fully saturated rings. The predicted molar refractivity (Wildman–Crippen MR) is 68.6 cm³/mol. The Kier molecular flexibility index (Phi) is 4.59. The average molecular weight is 249 g/mol. The maximum atomic E-state index is 11.7. The second kappa shape index (κ2) is 6.40. The van der Waals surface area contributed by atoms with Crippen LogP contribution < -0.4 is 5.32 Å². The van der Waals surface area contributed by atoms with Gasteiger partial charge in [-0.1, -0.05) is 12.8 Å². The summed E-state index contributed by atoms with van der Waals surface area (Å²) in [5.41, 5.74) is 0.550. The van der Waals surface area contributed by atoms with Crippen LogP contribution in [0.15, 0.2) is 24.3 Å². The van der Waals surface area contributed by atoms with Crippen molar-refractivity contribution in [1.29, 1.82) is 0 Å². The SMILES string of the molecule is O=C(NCCOC1CCCC1)c1ccc(O)cc1. The molecule has 0 bridgehead atoms. The quantitative estimate of drug-likeness (QED) is 0.785. The number of benzene rings is 1. The van der Waals surface area contributed by atoms with Gasteiger partial charge in [0, 0.05) is 12.1 Å². The standard InChI is InChI=1S/C14H19NO3/c16-12-7-5-11(6-8-12)14(17)15-9-10-18-13-3-1-2-4-13/h5-8,13,16H,1-4,9-10H2,(H,15,17). The smallest absolute Gasteiger partial charge is 0.251 e. The van der Waals surface area contributed by atoms with Crippen LogP contribution in [0.25, 0.3) is 0 Å². The van der Waals surface area contributed by atoms with Gasteiger partial charge < -0.3 is 15.2 Å². The predicted octanol–water partition coefficient (Wildman–Crippen LogP) is 2.08. The van der Waals surface area contributed by atoms with Crippen molar-refractivity contribution in [3.63, 3.8) is 0 Å². The summed E-state index contributed by atoms with van der Waals surface area (Å²) < 4.78 is 5.65. The number of carbonyl (C=O) groups excluding carboxylic acids is 1. The third-order valence-electron chi connectivity index (χ3n) is 3.17. The molecule has 4 nitrogen and oxygen atoms in total. The van der Waals surface area contributed by atoms with E-state index in [0.29, 0.717) is 24.8 Å². The first kappa shape index (κ1) is 12.9. The lowest BCUT2D eigenvalue weighted by atomic mass is 10.2. The molecule has 0 aliphatic heterocycles. The van der Waals surface area contributed by atoms with Crippen molar-refractivity contribution in [2.24, 2.45) is 0 Å². The lowest BCUT2D eigenvalue weighted by Crippen LogP contribution is -2.28. The van der Waals surface area contributed by atoms with Crippen molar-refractivity contribution in [1.82, 2.24) is 5.32 Å². The van der Waals surface area contributed by atoms with Gasteiger partial charge in [0.25, 0.3) is 5.91 Å². The number of phenolic OH excluding ortho intramolecular Hbond substituents is 1. The molecule has 1 amide bonds. The van der Waals surface area contributed by atoms with E-state index in [1.165, 1.54) is 25.0 Å². The van der Waals surface area contributed by atoms with Crippen LogP contribution in [0.1, 0.15) is 36.0 Å². The second-order valence-corrected chi connectivity index (χ2v) is 4.58. The molecule has 0 radical (unpaired) electrons. The van der Waals surface area contributed by atoms with Crippen LogP contribution in [0, 0.1) is 0 Å². The number of hydrogen-bond acceptors (Lipinski definition) is 3. The van der Waals surface area contributed by atoms with Gasteiger partial charge in [-0.2, -0.15) is 0 Å². The highest BCUT2D eigenvalue weighted by atomic mass is 16.5. The second-order valence-electron chi connectivity index (χ2n) is 4.58. The fourth-order valence-corrected chi connectivity index (χ4v) is 2.16. The number of aromatic hydroxyl groups is 1. The number of carbonyl (C=O) groups is 1. The average Bonchev–Trinajstić information content (AvgIpc) is 2.88. The molecule has 98 valence electrons. The summed E-state index contributed by atoms with van der Waals surface area (Å²) in [6, 6.07) is 6.21. The number of hydrogen-bond donors (Lipinski definition) is 2. The lowest BCUT2D eigenvalue weighted by molar-refractivity contribution is 0.0582. The molecule has 0 atom stereocenters. The molecule has 1 aliphatic carbocycles. The van der Waals surface area contributed by atoms with Crippen molar-refractivity contribution in [3.8, 4) is 5.75 Å². The van der Waals surface area contributed by atoms with Gasteiger partial charge in [-0.3, -0.25) is 4.79 Å². The Bertz CT molecular complexity index is 383. The minimum Gasteiger partial charge on any atom is -0.508 e. The van der Waals surface area contributed by atoms with Crippen LogP contribution in [-0.2, 0) is 4.74 Å². The number of amides is 1. The molecule has 1 aliphatic rings. The normalized spacial score (nSPS) is 15.8. The highest BCUT2D eigenvalue weighted by Gasteiger charge is 2.14. The molecular formula is C14H19NO3. The highest BCUT2D eigenvalue weighted by molar-refractivity contribution is 5.94. The van der Waals surface area contributed by atoms with E-state index in [4.69, 9.17) is 9.84 Å². The molecule has 4 heteroatoms. The molecular weight excluding hydrogens is 230 g/mol. The van der Waals surface area contributed by atoms with Crippen LogP contribution in [0.2, 0.25) is 0 Å². The van der Waals surface area contributed by atoms with E-state index in [1.54, 1.807) is 12.1 Å². The summed E-state index contributed by atoms with van der Waals surface area (Å²) >= 11 is 0. The fraction of sp³-hybridized carbons (Fsp3) is 0.500. The van der Waals surface area contributed by atoms with Crippen molar-refractivity contribution in [2.45, 2.75) is 31.8 Å². The first-order valence-corrected chi connectivity index (χ1v) is 6.44. The van der Waals surface area contributed by atoms with Gasteiger partial charge >= 0.3 is 0 Å². The molecule has 18 heavy (non-hydrogen) atoms. The monoisotopic (exact) mass is 249 g/mol. The van der Waals surface area contributed by atoms with Crippen molar-refractivity contribution in [3.05, 3.63) is 29.8 Å². The molecule has 2 rings (SSSR count). The zero-order valence-electron chi connectivity index (χ0n) is 10.4. The molecule has 1 aromatic carbocycles. The van der Waals surface area contributed by atoms with Gasteiger partial charge in [0.2, 0.25) is 0 Å². The minimum absolute atomic E-state index is 0.134. The molecule has 0 aromatic heterocycles. The Hall–Kier alpha value is -1.55. The fourth-order valence-electron chi connectivity index (χ4n) is 2.16. The Labute approximate surface area is 107 Å². The number of rotatable bonds is 5. The maximum absolute atomic E-state index is 11.7. The largest absolute Gasteiger partial charge is 0.508 e. The first-order chi connectivity index (χ1) is 8.75. The molecule has 0 spiro atoms. The molecule has 0 heterocycles. The van der Waals surface area contributed by atoms with Crippen LogP contribution in [-0.4, -0.2) is 30.3 Å². The zero-order chi connectivity index (χ0) is 12.8. The van der Waals surface area contributed by atoms with Crippen LogP contribution in [0.5, 0.6) is 5.75 Å². The van der Waals surface area contributed by atoms with Crippen molar-refractivity contribution < 1.29 is 14.6 Å². The van der Waals surface area contributed by atoms with Crippen molar-refractivity contribution >= 4 is 5.91 Å². The summed E-state index contributed by atoms with van der Waals surface area (Å²) in [5, 5.41) is 11.9. The summed E-state index contributed by atoms with van der Waals surface area (Å²) in [4.78, 5) is 11.7. The maximum Gasteiger partial charge on any atom is 0.251 e. The Morgan fingerprint density at radius 1 is 1.28 bits per heavy atom. The summed E-state index contributed by atoms with van der Waals surface area (Å²) in [6.45, 7) is 1.09. The third-order valence-corrected chi connectivity index (χ3v) is 3.17. The van der Waals surface area contributed by atoms with Crippen LogP contribution >= 0.6 is 0 Å². The van der Waals surface area contributed by atoms with Gasteiger partial charge in [0.15, 0.2) is 0 Å². The number of phenols is 1. The van der Waals surface area contributed by atoms with E-state index in [-0.39, 0.29) is 11.7 Å². The molecule has 0 unspecified atom stereocenters. The van der Waals surface area contributed by atoms with Gasteiger partial charge in [0.1, 0.15) is 5.75 Å². The van der Waals surface area contributed by atoms with E-state index < -0.39 is 0 Å². The zero-order valence-corrected chi connectivity index (χ0v) is 10.4. The molecule has 1 aromatic rings. The Morgan fingerprint density at radius 2 is 1.94 bits per heavy atom. The Morgan fingerprint density at radius 3 is 2.61 bits per heavy atom. The van der Waals surface area contributed by atoms with Gasteiger partial charge in [-0.25, -0.2) is 0 Å². The highest BCUT2D eigenvalue weighted by Crippen LogP contribution is 2.20. The summed E-state index contributed by atoms with van der Waals surface area (Å²) in [6.07, 6.45) is 5.18. The molecule has 1 saturated carbocycles. The van der Waals surface area contributed by atoms with E-state index in [2.05, 4.69) is 5.32 Å². The number of ether oxygens (including phenoxy) is 1. The first-order valence-electron chi connectivity index (χ1n) is 6.44. The third kappa shape index (κ3) is 3.74. The minimum atomic E-state index is -0.134. The van der Waals surface area contributed by atoms with Crippen LogP contribution in [0.4, 0.5) is 0 Å². The van der Waals surface area contributed by atoms with Crippen molar-refractivity contribution in [2.75, 3.05) is 13.2 Å². The van der Waals surface area contributed by atoms with E-state index in [0.717, 1.165) is 12.8 Å². The molecule has 2 N–H and O–H groups in total. The van der Waals surface area contributed by atoms with Gasteiger partial charge in [0.05, 0.1) is 12.7 Å².